The van der Waals surface area contributed by atoms with Gasteiger partial charge in [-0.25, -0.2) is 4.79 Å². The van der Waals surface area contributed by atoms with Crippen molar-refractivity contribution >= 4 is 23.3 Å². The van der Waals surface area contributed by atoms with Crippen LogP contribution in [0.2, 0.25) is 0 Å². The molecule has 6 nitrogen and oxygen atoms in total. The van der Waals surface area contributed by atoms with Crippen LogP contribution in [0.3, 0.4) is 0 Å². The molecular formula is C14H19N3O3. The minimum absolute atomic E-state index is 0.0184. The van der Waals surface area contributed by atoms with Gasteiger partial charge in [-0.2, -0.15) is 0 Å². The van der Waals surface area contributed by atoms with Gasteiger partial charge in [0.2, 0.25) is 5.91 Å². The summed E-state index contributed by atoms with van der Waals surface area (Å²) in [4.78, 5) is 24.8. The molecule has 1 aliphatic heterocycles. The van der Waals surface area contributed by atoms with Crippen molar-refractivity contribution in [2.45, 2.75) is 19.3 Å². The molecule has 0 unspecified atom stereocenters. The first-order valence-corrected chi connectivity index (χ1v) is 6.73. The number of rotatable bonds is 4. The van der Waals surface area contributed by atoms with Gasteiger partial charge >= 0.3 is 5.97 Å². The molecule has 0 aliphatic carbocycles. The Morgan fingerprint density at radius 2 is 1.95 bits per heavy atom. The quantitative estimate of drug-likeness (QED) is 0.723. The predicted octanol–water partition coefficient (Wildman–Crippen LogP) is 1.39. The topological polar surface area (TPSA) is 95.7 Å². The number of piperidine rings is 1. The standard InChI is InChI=1S/C14H19N3O3/c15-13-10(14(19)20)5-4-6-11(13)16-9-12(18)17-7-2-1-3-8-17/h4-6,16H,1-3,7-9,15H2,(H,19,20). The predicted molar refractivity (Wildman–Crippen MR) is 76.7 cm³/mol. The number of nitrogen functional groups attached to an aromatic ring is 1. The van der Waals surface area contributed by atoms with Gasteiger partial charge in [0.15, 0.2) is 0 Å². The molecule has 1 aliphatic rings. The number of amides is 1. The number of para-hydroxylation sites is 1. The highest BCUT2D eigenvalue weighted by atomic mass is 16.4. The Kier molecular flexibility index (Phi) is 4.45. The van der Waals surface area contributed by atoms with Gasteiger partial charge in [0, 0.05) is 13.1 Å². The van der Waals surface area contributed by atoms with Gasteiger partial charge < -0.3 is 21.1 Å². The van der Waals surface area contributed by atoms with E-state index in [-0.39, 0.29) is 23.7 Å². The number of aromatic carboxylic acids is 1. The summed E-state index contributed by atoms with van der Waals surface area (Å²) in [5, 5.41) is 11.9. The van der Waals surface area contributed by atoms with Crippen LogP contribution in [-0.2, 0) is 4.79 Å². The number of likely N-dealkylation sites (tertiary alicyclic amines) is 1. The lowest BCUT2D eigenvalue weighted by Crippen LogP contribution is -2.39. The summed E-state index contributed by atoms with van der Waals surface area (Å²) in [6, 6.07) is 4.72. The molecule has 0 bridgehead atoms. The normalized spacial score (nSPS) is 14.9. The molecule has 1 amide bonds. The molecule has 1 aromatic rings. The van der Waals surface area contributed by atoms with Crippen molar-refractivity contribution in [3.05, 3.63) is 23.8 Å². The van der Waals surface area contributed by atoms with E-state index in [0.29, 0.717) is 5.69 Å². The molecule has 1 heterocycles. The Bertz CT molecular complexity index is 510. The number of hydrogen-bond donors (Lipinski definition) is 3. The second kappa shape index (κ2) is 6.27. The summed E-state index contributed by atoms with van der Waals surface area (Å²) in [5.74, 6) is -1.06. The number of carbonyl (C=O) groups excluding carboxylic acids is 1. The molecule has 1 aromatic carbocycles. The van der Waals surface area contributed by atoms with Crippen LogP contribution in [0, 0.1) is 0 Å². The van der Waals surface area contributed by atoms with Crippen molar-refractivity contribution in [3.8, 4) is 0 Å². The third-order valence-electron chi connectivity index (χ3n) is 3.48. The average Bonchev–Trinajstić information content (AvgIpc) is 2.46. The lowest BCUT2D eigenvalue weighted by molar-refractivity contribution is -0.130. The monoisotopic (exact) mass is 277 g/mol. The second-order valence-electron chi connectivity index (χ2n) is 4.87. The fourth-order valence-electron chi connectivity index (χ4n) is 2.33. The summed E-state index contributed by atoms with van der Waals surface area (Å²) >= 11 is 0. The number of anilines is 2. The summed E-state index contributed by atoms with van der Waals surface area (Å²) in [6.45, 7) is 1.73. The Morgan fingerprint density at radius 3 is 2.60 bits per heavy atom. The lowest BCUT2D eigenvalue weighted by atomic mass is 10.1. The molecular weight excluding hydrogens is 258 g/mol. The Hall–Kier alpha value is -2.24. The van der Waals surface area contributed by atoms with E-state index in [1.807, 2.05) is 4.90 Å². The van der Waals surface area contributed by atoms with E-state index in [0.717, 1.165) is 25.9 Å². The fraction of sp³-hybridized carbons (Fsp3) is 0.429. The van der Waals surface area contributed by atoms with Crippen molar-refractivity contribution in [1.29, 1.82) is 0 Å². The second-order valence-corrected chi connectivity index (χ2v) is 4.87. The van der Waals surface area contributed by atoms with Crippen LogP contribution < -0.4 is 11.1 Å². The first-order valence-electron chi connectivity index (χ1n) is 6.73. The minimum Gasteiger partial charge on any atom is -0.478 e. The third kappa shape index (κ3) is 3.20. The minimum atomic E-state index is -1.08. The molecule has 20 heavy (non-hydrogen) atoms. The van der Waals surface area contributed by atoms with E-state index in [1.165, 1.54) is 12.5 Å². The molecule has 0 radical (unpaired) electrons. The number of carbonyl (C=O) groups is 2. The van der Waals surface area contributed by atoms with Crippen molar-refractivity contribution in [3.63, 3.8) is 0 Å². The van der Waals surface area contributed by atoms with Crippen LogP contribution in [0.15, 0.2) is 18.2 Å². The Balaban J connectivity index is 1.98. The number of nitrogens with two attached hydrogens (primary N) is 1. The largest absolute Gasteiger partial charge is 0.478 e. The molecule has 108 valence electrons. The SMILES string of the molecule is Nc1c(NCC(=O)N2CCCCC2)cccc1C(=O)O. The maximum Gasteiger partial charge on any atom is 0.337 e. The highest BCUT2D eigenvalue weighted by Gasteiger charge is 2.17. The number of nitrogens with zero attached hydrogens (tertiary/aromatic N) is 1. The van der Waals surface area contributed by atoms with E-state index in [9.17, 15) is 9.59 Å². The number of benzene rings is 1. The van der Waals surface area contributed by atoms with E-state index < -0.39 is 5.97 Å². The molecule has 0 aromatic heterocycles. The van der Waals surface area contributed by atoms with Crippen molar-refractivity contribution in [1.82, 2.24) is 4.90 Å². The van der Waals surface area contributed by atoms with Gasteiger partial charge in [-0.1, -0.05) is 6.07 Å². The number of hydrogen-bond acceptors (Lipinski definition) is 4. The van der Waals surface area contributed by atoms with E-state index >= 15 is 0 Å². The van der Waals surface area contributed by atoms with E-state index in [2.05, 4.69) is 5.32 Å². The Morgan fingerprint density at radius 1 is 1.25 bits per heavy atom. The van der Waals surface area contributed by atoms with Gasteiger partial charge in [0.05, 0.1) is 23.5 Å². The Labute approximate surface area is 117 Å². The summed E-state index contributed by atoms with van der Waals surface area (Å²) in [5.41, 5.74) is 6.46. The van der Waals surface area contributed by atoms with Gasteiger partial charge in [-0.15, -0.1) is 0 Å². The number of carboxylic acid groups (broad SMARTS) is 1. The highest BCUT2D eigenvalue weighted by molar-refractivity contribution is 5.97. The summed E-state index contributed by atoms with van der Waals surface area (Å²) in [6.07, 6.45) is 3.26. The van der Waals surface area contributed by atoms with E-state index in [4.69, 9.17) is 10.8 Å². The van der Waals surface area contributed by atoms with Crippen molar-refractivity contribution in [2.24, 2.45) is 0 Å². The van der Waals surface area contributed by atoms with Crippen molar-refractivity contribution in [2.75, 3.05) is 30.7 Å². The third-order valence-corrected chi connectivity index (χ3v) is 3.48. The molecule has 6 heteroatoms. The maximum atomic E-state index is 12.0. The zero-order valence-electron chi connectivity index (χ0n) is 11.3. The zero-order chi connectivity index (χ0) is 14.5. The van der Waals surface area contributed by atoms with Gasteiger partial charge in [0.1, 0.15) is 0 Å². The molecule has 1 saturated heterocycles. The molecule has 0 atom stereocenters. The van der Waals surface area contributed by atoms with Gasteiger partial charge in [-0.05, 0) is 31.4 Å². The van der Waals surface area contributed by atoms with Crippen LogP contribution in [0.25, 0.3) is 0 Å². The van der Waals surface area contributed by atoms with Crippen molar-refractivity contribution < 1.29 is 14.7 Å². The first kappa shape index (κ1) is 14.2. The number of nitrogens with one attached hydrogen (secondary N) is 1. The summed E-state index contributed by atoms with van der Waals surface area (Å²) in [7, 11) is 0. The lowest BCUT2D eigenvalue weighted by Gasteiger charge is -2.27. The molecule has 1 fully saturated rings. The van der Waals surface area contributed by atoms with Crippen LogP contribution >= 0.6 is 0 Å². The first-order chi connectivity index (χ1) is 9.59. The maximum absolute atomic E-state index is 12.0. The van der Waals surface area contributed by atoms with Gasteiger partial charge in [0.25, 0.3) is 0 Å². The molecule has 2 rings (SSSR count). The molecule has 4 N–H and O–H groups in total. The smallest absolute Gasteiger partial charge is 0.337 e. The highest BCUT2D eigenvalue weighted by Crippen LogP contribution is 2.22. The zero-order valence-corrected chi connectivity index (χ0v) is 11.3. The average molecular weight is 277 g/mol. The van der Waals surface area contributed by atoms with E-state index in [1.54, 1.807) is 12.1 Å². The molecule has 0 spiro atoms. The van der Waals surface area contributed by atoms with Gasteiger partial charge in [-0.3, -0.25) is 4.79 Å². The van der Waals surface area contributed by atoms with Crippen LogP contribution in [0.1, 0.15) is 29.6 Å². The van der Waals surface area contributed by atoms with Crippen LogP contribution in [-0.4, -0.2) is 41.5 Å². The van der Waals surface area contributed by atoms with Crippen LogP contribution in [0.5, 0.6) is 0 Å². The molecule has 0 saturated carbocycles. The summed E-state index contributed by atoms with van der Waals surface area (Å²) < 4.78 is 0. The van der Waals surface area contributed by atoms with Crippen LogP contribution in [0.4, 0.5) is 11.4 Å². The number of carboxylic acids is 1. The fourth-order valence-corrected chi connectivity index (χ4v) is 2.33.